The van der Waals surface area contributed by atoms with E-state index in [1.165, 1.54) is 6.07 Å². The number of para-hydroxylation sites is 1. The van der Waals surface area contributed by atoms with Gasteiger partial charge in [0.1, 0.15) is 0 Å². The Morgan fingerprint density at radius 1 is 1.31 bits per heavy atom. The highest BCUT2D eigenvalue weighted by atomic mass is 19.1. The predicted molar refractivity (Wildman–Crippen MR) is 95.6 cm³/mol. The minimum Gasteiger partial charge on any atom is -0.448 e. The molecule has 0 spiro atoms. The summed E-state index contributed by atoms with van der Waals surface area (Å²) in [7, 11) is 0. The first-order chi connectivity index (χ1) is 12.4. The molecule has 0 unspecified atom stereocenters. The molecule has 0 fully saturated rings. The first-order valence-electron chi connectivity index (χ1n) is 8.35. The Balaban J connectivity index is 1.59. The fourth-order valence-corrected chi connectivity index (χ4v) is 3.29. The molecule has 3 aromatic rings. The van der Waals surface area contributed by atoms with Gasteiger partial charge in [-0.05, 0) is 37.1 Å². The van der Waals surface area contributed by atoms with Gasteiger partial charge in [-0.3, -0.25) is 9.59 Å². The molecule has 26 heavy (non-hydrogen) atoms. The van der Waals surface area contributed by atoms with Gasteiger partial charge in [-0.15, -0.1) is 0 Å². The average Bonchev–Trinajstić information content (AvgIpc) is 3.14. The van der Waals surface area contributed by atoms with Crippen molar-refractivity contribution in [2.75, 3.05) is 5.32 Å². The average molecular weight is 352 g/mol. The summed E-state index contributed by atoms with van der Waals surface area (Å²) in [6.07, 6.45) is 0.339. The number of carbonyl (C=O) groups is 2. The lowest BCUT2D eigenvalue weighted by molar-refractivity contribution is -0.115. The lowest BCUT2D eigenvalue weighted by atomic mass is 10.0. The van der Waals surface area contributed by atoms with E-state index in [9.17, 15) is 14.0 Å². The molecule has 2 heterocycles. The third kappa shape index (κ3) is 2.63. The number of furan rings is 1. The summed E-state index contributed by atoms with van der Waals surface area (Å²) in [6.45, 7) is 3.58. The van der Waals surface area contributed by atoms with Crippen LogP contribution in [0.1, 0.15) is 40.2 Å². The molecular formula is C20H17FN2O3. The normalized spacial score (nSPS) is 14.2. The fraction of sp³-hybridized carbons (Fsp3) is 0.200. The summed E-state index contributed by atoms with van der Waals surface area (Å²) in [5, 5.41) is 6.24. The topological polar surface area (TPSA) is 71.3 Å². The Morgan fingerprint density at radius 2 is 2.12 bits per heavy atom. The van der Waals surface area contributed by atoms with Crippen LogP contribution in [0.3, 0.4) is 0 Å². The summed E-state index contributed by atoms with van der Waals surface area (Å²) < 4.78 is 19.3. The molecule has 6 heteroatoms. The van der Waals surface area contributed by atoms with Gasteiger partial charge < -0.3 is 15.1 Å². The maximum atomic E-state index is 13.9. The number of hydrogen-bond donors (Lipinski definition) is 2. The Kier molecular flexibility index (Phi) is 3.76. The van der Waals surface area contributed by atoms with Crippen molar-refractivity contribution in [1.82, 2.24) is 5.32 Å². The number of halogens is 1. The Hall–Kier alpha value is -3.15. The SMILES string of the molecule is Cc1c(C(=O)N[C@H](C)c2ccc3c(c2)CC(=O)N3)oc2c(F)cccc12. The van der Waals surface area contributed by atoms with E-state index in [1.54, 1.807) is 19.1 Å². The third-order valence-electron chi connectivity index (χ3n) is 4.72. The second-order valence-corrected chi connectivity index (χ2v) is 6.51. The lowest BCUT2D eigenvalue weighted by Gasteiger charge is -2.14. The molecule has 2 amide bonds. The summed E-state index contributed by atoms with van der Waals surface area (Å²) in [5.41, 5.74) is 3.29. The van der Waals surface area contributed by atoms with Gasteiger partial charge in [-0.2, -0.15) is 0 Å². The van der Waals surface area contributed by atoms with E-state index in [4.69, 9.17) is 4.42 Å². The van der Waals surface area contributed by atoms with Gasteiger partial charge in [0.25, 0.3) is 5.91 Å². The second-order valence-electron chi connectivity index (χ2n) is 6.51. The van der Waals surface area contributed by atoms with Crippen molar-refractivity contribution in [3.8, 4) is 0 Å². The van der Waals surface area contributed by atoms with Crippen LogP contribution in [0.4, 0.5) is 10.1 Å². The predicted octanol–water partition coefficient (Wildman–Crippen LogP) is 3.87. The smallest absolute Gasteiger partial charge is 0.287 e. The largest absolute Gasteiger partial charge is 0.448 e. The molecule has 1 aliphatic heterocycles. The number of hydrogen-bond acceptors (Lipinski definition) is 3. The van der Waals surface area contributed by atoms with Crippen molar-refractivity contribution < 1.29 is 18.4 Å². The second kappa shape index (κ2) is 5.98. The first kappa shape index (κ1) is 16.3. The van der Waals surface area contributed by atoms with Crippen LogP contribution in [0.2, 0.25) is 0 Å². The minimum absolute atomic E-state index is 0.0336. The van der Waals surface area contributed by atoms with Crippen molar-refractivity contribution in [3.63, 3.8) is 0 Å². The van der Waals surface area contributed by atoms with Gasteiger partial charge in [0, 0.05) is 16.6 Å². The van der Waals surface area contributed by atoms with Crippen molar-refractivity contribution in [2.45, 2.75) is 26.3 Å². The van der Waals surface area contributed by atoms with Crippen molar-refractivity contribution in [3.05, 3.63) is 64.7 Å². The Labute approximate surface area is 149 Å². The van der Waals surface area contributed by atoms with Crippen molar-refractivity contribution in [1.29, 1.82) is 0 Å². The van der Waals surface area contributed by atoms with E-state index in [1.807, 2.05) is 25.1 Å². The van der Waals surface area contributed by atoms with Gasteiger partial charge in [0.2, 0.25) is 5.91 Å². The summed E-state index contributed by atoms with van der Waals surface area (Å²) in [5.74, 6) is -0.822. The molecule has 1 atom stereocenters. The van der Waals surface area contributed by atoms with Crippen LogP contribution in [-0.2, 0) is 11.2 Å². The van der Waals surface area contributed by atoms with Crippen LogP contribution in [0.15, 0.2) is 40.8 Å². The zero-order valence-electron chi connectivity index (χ0n) is 14.4. The van der Waals surface area contributed by atoms with E-state index in [-0.39, 0.29) is 23.3 Å². The van der Waals surface area contributed by atoms with E-state index >= 15 is 0 Å². The first-order valence-corrected chi connectivity index (χ1v) is 8.35. The number of carbonyl (C=O) groups excluding carboxylic acids is 2. The van der Waals surface area contributed by atoms with Crippen LogP contribution in [0.25, 0.3) is 11.0 Å². The van der Waals surface area contributed by atoms with E-state index < -0.39 is 11.7 Å². The highest BCUT2D eigenvalue weighted by Crippen LogP contribution is 2.29. The number of anilines is 1. The quantitative estimate of drug-likeness (QED) is 0.752. The van der Waals surface area contributed by atoms with E-state index in [0.29, 0.717) is 17.4 Å². The zero-order valence-corrected chi connectivity index (χ0v) is 14.4. The van der Waals surface area contributed by atoms with Gasteiger partial charge in [-0.25, -0.2) is 4.39 Å². The molecule has 1 aliphatic rings. The number of amides is 2. The number of fused-ring (bicyclic) bond motifs is 2. The van der Waals surface area contributed by atoms with Crippen LogP contribution < -0.4 is 10.6 Å². The highest BCUT2D eigenvalue weighted by Gasteiger charge is 2.23. The number of aryl methyl sites for hydroxylation is 1. The maximum Gasteiger partial charge on any atom is 0.287 e. The molecule has 0 saturated heterocycles. The van der Waals surface area contributed by atoms with Gasteiger partial charge in [0.05, 0.1) is 12.5 Å². The minimum atomic E-state index is -0.492. The molecule has 0 saturated carbocycles. The monoisotopic (exact) mass is 352 g/mol. The molecule has 2 aromatic carbocycles. The molecule has 0 aliphatic carbocycles. The Morgan fingerprint density at radius 3 is 2.88 bits per heavy atom. The molecule has 132 valence electrons. The standard InChI is InChI=1S/C20H17FN2O3/c1-10-14-4-3-5-15(21)19(14)26-18(10)20(25)22-11(2)12-6-7-16-13(8-12)9-17(24)23-16/h3-8,11H,9H2,1-2H3,(H,22,25)(H,23,24)/t11-/m1/s1. The summed E-state index contributed by atoms with van der Waals surface area (Å²) >= 11 is 0. The number of nitrogens with one attached hydrogen (secondary N) is 2. The molecular weight excluding hydrogens is 335 g/mol. The zero-order chi connectivity index (χ0) is 18.4. The van der Waals surface area contributed by atoms with Crippen LogP contribution in [0.5, 0.6) is 0 Å². The molecule has 1 aromatic heterocycles. The molecule has 5 nitrogen and oxygen atoms in total. The van der Waals surface area contributed by atoms with Crippen LogP contribution >= 0.6 is 0 Å². The third-order valence-corrected chi connectivity index (χ3v) is 4.72. The van der Waals surface area contributed by atoms with Crippen LogP contribution in [-0.4, -0.2) is 11.8 Å². The molecule has 0 bridgehead atoms. The lowest BCUT2D eigenvalue weighted by Crippen LogP contribution is -2.26. The highest BCUT2D eigenvalue weighted by molar-refractivity contribution is 6.00. The number of rotatable bonds is 3. The van der Waals surface area contributed by atoms with Crippen LogP contribution in [0, 0.1) is 12.7 Å². The van der Waals surface area contributed by atoms with E-state index in [0.717, 1.165) is 16.8 Å². The van der Waals surface area contributed by atoms with Crippen molar-refractivity contribution >= 4 is 28.5 Å². The maximum absolute atomic E-state index is 13.9. The number of benzene rings is 2. The fourth-order valence-electron chi connectivity index (χ4n) is 3.29. The van der Waals surface area contributed by atoms with Gasteiger partial charge in [-0.1, -0.05) is 24.3 Å². The van der Waals surface area contributed by atoms with Gasteiger partial charge in [0.15, 0.2) is 17.2 Å². The molecule has 4 rings (SSSR count). The van der Waals surface area contributed by atoms with Crippen molar-refractivity contribution in [2.24, 2.45) is 0 Å². The summed E-state index contributed by atoms with van der Waals surface area (Å²) in [4.78, 5) is 24.1. The van der Waals surface area contributed by atoms with E-state index in [2.05, 4.69) is 10.6 Å². The summed E-state index contributed by atoms with van der Waals surface area (Å²) in [6, 6.07) is 9.92. The molecule has 0 radical (unpaired) electrons. The Bertz CT molecular complexity index is 1050. The molecule has 2 N–H and O–H groups in total. The van der Waals surface area contributed by atoms with Gasteiger partial charge >= 0.3 is 0 Å².